The molecular formula is C17H18N2O3S. The molecular weight excluding hydrogens is 312 g/mol. The Kier molecular flexibility index (Phi) is 4.34. The average Bonchev–Trinajstić information content (AvgIpc) is 2.98. The van der Waals surface area contributed by atoms with Gasteiger partial charge in [0.15, 0.2) is 11.5 Å². The van der Waals surface area contributed by atoms with Crippen LogP contribution in [-0.2, 0) is 12.8 Å². The van der Waals surface area contributed by atoms with E-state index in [9.17, 15) is 4.79 Å². The maximum atomic E-state index is 12.2. The van der Waals surface area contributed by atoms with Gasteiger partial charge in [-0.2, -0.15) is 0 Å². The molecule has 0 fully saturated rings. The van der Waals surface area contributed by atoms with Crippen molar-refractivity contribution < 1.29 is 9.47 Å². The van der Waals surface area contributed by atoms with E-state index in [2.05, 4.69) is 16.9 Å². The van der Waals surface area contributed by atoms with Crippen LogP contribution in [0.4, 0.5) is 0 Å². The highest BCUT2D eigenvalue weighted by atomic mass is 32.1. The lowest BCUT2D eigenvalue weighted by atomic mass is 10.1. The van der Waals surface area contributed by atoms with Crippen molar-refractivity contribution in [2.45, 2.75) is 19.8 Å². The molecule has 6 heteroatoms. The molecule has 5 nitrogen and oxygen atoms in total. The zero-order chi connectivity index (χ0) is 16.4. The van der Waals surface area contributed by atoms with Crippen LogP contribution >= 0.6 is 11.3 Å². The molecule has 1 aromatic carbocycles. The van der Waals surface area contributed by atoms with E-state index in [1.807, 2.05) is 24.3 Å². The molecule has 0 saturated carbocycles. The smallest absolute Gasteiger partial charge is 0.259 e. The summed E-state index contributed by atoms with van der Waals surface area (Å²) in [6.45, 7) is 2.07. The monoisotopic (exact) mass is 330 g/mol. The van der Waals surface area contributed by atoms with Gasteiger partial charge >= 0.3 is 0 Å². The van der Waals surface area contributed by atoms with Crippen LogP contribution in [0.15, 0.2) is 29.1 Å². The molecule has 23 heavy (non-hydrogen) atoms. The van der Waals surface area contributed by atoms with E-state index in [-0.39, 0.29) is 5.56 Å². The van der Waals surface area contributed by atoms with Gasteiger partial charge in [0, 0.05) is 11.3 Å². The summed E-state index contributed by atoms with van der Waals surface area (Å²) in [6, 6.07) is 7.61. The molecule has 0 spiro atoms. The van der Waals surface area contributed by atoms with Gasteiger partial charge in [-0.25, -0.2) is 4.98 Å². The van der Waals surface area contributed by atoms with Gasteiger partial charge in [0.2, 0.25) is 0 Å². The van der Waals surface area contributed by atoms with E-state index in [0.717, 1.165) is 16.8 Å². The third-order valence-corrected chi connectivity index (χ3v) is 4.84. The quantitative estimate of drug-likeness (QED) is 0.780. The Balaban J connectivity index is 1.96. The summed E-state index contributed by atoms with van der Waals surface area (Å²) in [5.74, 6) is 2.00. The minimum atomic E-state index is -0.0820. The van der Waals surface area contributed by atoms with Crippen LogP contribution in [0.2, 0.25) is 0 Å². The standard InChI is InChI=1S/C17H18N2O3S/c1-4-11-9-12-16(20)18-15(19-17(12)23-11)8-10-5-6-13(21-2)14(7-10)22-3/h5-7,9H,4,8H2,1-3H3,(H,18,19,20). The Morgan fingerprint density at radius 3 is 2.65 bits per heavy atom. The molecule has 0 amide bonds. The first-order chi connectivity index (χ1) is 11.1. The summed E-state index contributed by atoms with van der Waals surface area (Å²) in [5, 5.41) is 0.669. The lowest BCUT2D eigenvalue weighted by Gasteiger charge is -2.09. The summed E-state index contributed by atoms with van der Waals surface area (Å²) >= 11 is 1.57. The predicted octanol–water partition coefficient (Wildman–Crippen LogP) is 3.16. The Hall–Kier alpha value is -2.34. The number of hydrogen-bond donors (Lipinski definition) is 1. The zero-order valence-corrected chi connectivity index (χ0v) is 14.1. The summed E-state index contributed by atoms with van der Waals surface area (Å²) in [6.07, 6.45) is 1.44. The van der Waals surface area contributed by atoms with E-state index in [4.69, 9.17) is 9.47 Å². The Bertz CT molecular complexity index is 898. The van der Waals surface area contributed by atoms with E-state index in [1.54, 1.807) is 25.6 Å². The van der Waals surface area contributed by atoms with Crippen LogP contribution in [0.1, 0.15) is 23.2 Å². The molecule has 3 rings (SSSR count). The summed E-state index contributed by atoms with van der Waals surface area (Å²) in [7, 11) is 3.21. The van der Waals surface area contributed by atoms with Crippen LogP contribution in [0.3, 0.4) is 0 Å². The highest BCUT2D eigenvalue weighted by Gasteiger charge is 2.10. The van der Waals surface area contributed by atoms with E-state index in [1.165, 1.54) is 4.88 Å². The van der Waals surface area contributed by atoms with Crippen LogP contribution in [0, 0.1) is 0 Å². The zero-order valence-electron chi connectivity index (χ0n) is 13.3. The van der Waals surface area contributed by atoms with Gasteiger partial charge in [-0.1, -0.05) is 13.0 Å². The van der Waals surface area contributed by atoms with Crippen molar-refractivity contribution in [3.8, 4) is 11.5 Å². The van der Waals surface area contributed by atoms with Gasteiger partial charge < -0.3 is 14.5 Å². The molecule has 120 valence electrons. The number of aromatic amines is 1. The first kappa shape index (κ1) is 15.6. The highest BCUT2D eigenvalue weighted by Crippen LogP contribution is 2.28. The summed E-state index contributed by atoms with van der Waals surface area (Å²) < 4.78 is 10.5. The first-order valence-corrected chi connectivity index (χ1v) is 8.18. The normalized spacial score (nSPS) is 10.9. The molecule has 0 aliphatic rings. The predicted molar refractivity (Wildman–Crippen MR) is 92.0 cm³/mol. The second-order valence-electron chi connectivity index (χ2n) is 5.16. The molecule has 3 aromatic rings. The van der Waals surface area contributed by atoms with E-state index >= 15 is 0 Å². The lowest BCUT2D eigenvalue weighted by molar-refractivity contribution is 0.354. The van der Waals surface area contributed by atoms with Crippen LogP contribution < -0.4 is 15.0 Å². The van der Waals surface area contributed by atoms with Crippen molar-refractivity contribution in [2.24, 2.45) is 0 Å². The molecule has 0 saturated heterocycles. The number of aromatic nitrogens is 2. The van der Waals surface area contributed by atoms with Gasteiger partial charge in [-0.05, 0) is 30.2 Å². The number of hydrogen-bond acceptors (Lipinski definition) is 5. The number of ether oxygens (including phenoxy) is 2. The number of aryl methyl sites for hydroxylation is 1. The van der Waals surface area contributed by atoms with Crippen molar-refractivity contribution in [3.63, 3.8) is 0 Å². The van der Waals surface area contributed by atoms with Gasteiger partial charge in [0.05, 0.1) is 19.6 Å². The number of H-pyrrole nitrogens is 1. The molecule has 0 aliphatic heterocycles. The van der Waals surface area contributed by atoms with Crippen molar-refractivity contribution in [1.29, 1.82) is 0 Å². The fourth-order valence-corrected chi connectivity index (χ4v) is 3.45. The fourth-order valence-electron chi connectivity index (χ4n) is 2.47. The minimum absolute atomic E-state index is 0.0820. The lowest BCUT2D eigenvalue weighted by Crippen LogP contribution is -2.11. The largest absolute Gasteiger partial charge is 0.493 e. The Morgan fingerprint density at radius 1 is 1.17 bits per heavy atom. The summed E-state index contributed by atoms with van der Waals surface area (Å²) in [5.41, 5.74) is 0.916. The number of thiophene rings is 1. The van der Waals surface area contributed by atoms with Crippen LogP contribution in [0.5, 0.6) is 11.5 Å². The second-order valence-corrected chi connectivity index (χ2v) is 6.28. The van der Waals surface area contributed by atoms with Crippen molar-refractivity contribution in [3.05, 3.63) is 50.9 Å². The Labute approximate surface area is 137 Å². The van der Waals surface area contributed by atoms with Gasteiger partial charge in [-0.3, -0.25) is 4.79 Å². The first-order valence-electron chi connectivity index (χ1n) is 7.37. The molecule has 0 bridgehead atoms. The van der Waals surface area contributed by atoms with Gasteiger partial charge in [0.25, 0.3) is 5.56 Å². The third kappa shape index (κ3) is 3.07. The molecule has 1 N–H and O–H groups in total. The molecule has 2 heterocycles. The topological polar surface area (TPSA) is 64.2 Å². The second kappa shape index (κ2) is 6.42. The number of methoxy groups -OCH3 is 2. The molecule has 0 unspecified atom stereocenters. The molecule has 0 atom stereocenters. The number of fused-ring (bicyclic) bond motifs is 1. The molecule has 0 radical (unpaired) electrons. The third-order valence-electron chi connectivity index (χ3n) is 3.67. The van der Waals surface area contributed by atoms with Crippen LogP contribution in [-0.4, -0.2) is 24.2 Å². The minimum Gasteiger partial charge on any atom is -0.493 e. The fraction of sp³-hybridized carbons (Fsp3) is 0.294. The average molecular weight is 330 g/mol. The SMILES string of the molecule is CCc1cc2c(=O)[nH]c(Cc3ccc(OC)c(OC)c3)nc2s1. The number of nitrogens with zero attached hydrogens (tertiary/aromatic N) is 1. The highest BCUT2D eigenvalue weighted by molar-refractivity contribution is 7.18. The van der Waals surface area contributed by atoms with Gasteiger partial charge in [-0.15, -0.1) is 11.3 Å². The van der Waals surface area contributed by atoms with E-state index in [0.29, 0.717) is 29.1 Å². The number of benzene rings is 1. The van der Waals surface area contributed by atoms with Crippen LogP contribution in [0.25, 0.3) is 10.2 Å². The van der Waals surface area contributed by atoms with Crippen molar-refractivity contribution in [1.82, 2.24) is 9.97 Å². The molecule has 2 aromatic heterocycles. The maximum absolute atomic E-state index is 12.2. The molecule has 0 aliphatic carbocycles. The van der Waals surface area contributed by atoms with Crippen molar-refractivity contribution >= 4 is 21.6 Å². The number of nitrogens with one attached hydrogen (secondary N) is 1. The summed E-state index contributed by atoms with van der Waals surface area (Å²) in [4.78, 5) is 21.6. The van der Waals surface area contributed by atoms with E-state index < -0.39 is 0 Å². The Morgan fingerprint density at radius 2 is 1.96 bits per heavy atom. The maximum Gasteiger partial charge on any atom is 0.259 e. The number of rotatable bonds is 5. The van der Waals surface area contributed by atoms with Crippen molar-refractivity contribution in [2.75, 3.05) is 14.2 Å². The van der Waals surface area contributed by atoms with Gasteiger partial charge in [0.1, 0.15) is 10.7 Å².